The normalized spacial score (nSPS) is 10.5. The zero-order valence-electron chi connectivity index (χ0n) is 9.30. The quantitative estimate of drug-likeness (QED) is 0.904. The first-order valence-electron chi connectivity index (χ1n) is 5.15. The van der Waals surface area contributed by atoms with Crippen LogP contribution in [-0.2, 0) is 18.0 Å². The number of thiazole rings is 1. The third-order valence-corrected chi connectivity index (χ3v) is 3.08. The van der Waals surface area contributed by atoms with Crippen molar-refractivity contribution in [3.05, 3.63) is 51.7 Å². The minimum atomic E-state index is -1.06. The van der Waals surface area contributed by atoms with Gasteiger partial charge >= 0.3 is 5.97 Å². The van der Waals surface area contributed by atoms with Crippen LogP contribution in [0.2, 0.25) is 0 Å². The van der Waals surface area contributed by atoms with E-state index < -0.39 is 5.97 Å². The first-order chi connectivity index (χ1) is 8.66. The Morgan fingerprint density at radius 2 is 2.17 bits per heavy atom. The number of aromatic carboxylic acids is 1. The fourth-order valence-corrected chi connectivity index (χ4v) is 1.99. The van der Waals surface area contributed by atoms with Gasteiger partial charge in [0, 0.05) is 10.9 Å². The van der Waals surface area contributed by atoms with Gasteiger partial charge in [0.1, 0.15) is 5.82 Å². The molecule has 1 aromatic carbocycles. The highest BCUT2D eigenvalue weighted by atomic mass is 32.1. The molecule has 2 aromatic rings. The number of benzene rings is 1. The van der Waals surface area contributed by atoms with E-state index in [0.29, 0.717) is 11.3 Å². The molecular formula is C12H10FNO3S. The zero-order chi connectivity index (χ0) is 13.0. The molecule has 0 saturated carbocycles. The Hall–Kier alpha value is -1.79. The van der Waals surface area contributed by atoms with Crippen molar-refractivity contribution in [1.29, 1.82) is 0 Å². The predicted molar refractivity (Wildman–Crippen MR) is 64.0 cm³/mol. The summed E-state index contributed by atoms with van der Waals surface area (Å²) in [6, 6.07) is 6.34. The number of carboxylic acids is 1. The second kappa shape index (κ2) is 5.70. The maximum atomic E-state index is 13.3. The van der Waals surface area contributed by atoms with E-state index in [1.54, 1.807) is 23.6 Å². The molecule has 94 valence electrons. The molecular weight excluding hydrogens is 257 g/mol. The highest BCUT2D eigenvalue weighted by Crippen LogP contribution is 2.12. The molecule has 1 N–H and O–H groups in total. The van der Waals surface area contributed by atoms with Crippen molar-refractivity contribution in [3.63, 3.8) is 0 Å². The Morgan fingerprint density at radius 1 is 1.39 bits per heavy atom. The summed E-state index contributed by atoms with van der Waals surface area (Å²) in [5.41, 5.74) is 1.000. The highest BCUT2D eigenvalue weighted by Gasteiger charge is 2.09. The van der Waals surface area contributed by atoms with Gasteiger partial charge in [-0.25, -0.2) is 14.2 Å². The van der Waals surface area contributed by atoms with Crippen LogP contribution >= 0.6 is 11.3 Å². The molecule has 0 aliphatic heterocycles. The largest absolute Gasteiger partial charge is 0.476 e. The molecule has 1 heterocycles. The van der Waals surface area contributed by atoms with Crippen LogP contribution in [-0.4, -0.2) is 16.1 Å². The molecule has 0 amide bonds. The lowest BCUT2D eigenvalue weighted by Gasteiger charge is -2.03. The summed E-state index contributed by atoms with van der Waals surface area (Å²) in [5, 5.41) is 10.3. The van der Waals surface area contributed by atoms with Gasteiger partial charge in [-0.2, -0.15) is 0 Å². The molecule has 0 saturated heterocycles. The van der Waals surface area contributed by atoms with Crippen LogP contribution in [0.1, 0.15) is 21.1 Å². The van der Waals surface area contributed by atoms with Gasteiger partial charge in [-0.3, -0.25) is 0 Å². The molecule has 1 aromatic heterocycles. The van der Waals surface area contributed by atoms with Gasteiger partial charge in [-0.15, -0.1) is 11.3 Å². The molecule has 4 nitrogen and oxygen atoms in total. The van der Waals surface area contributed by atoms with Crippen molar-refractivity contribution in [2.75, 3.05) is 0 Å². The number of ether oxygens (including phenoxy) is 1. The number of nitrogens with zero attached hydrogens (tertiary/aromatic N) is 1. The van der Waals surface area contributed by atoms with Crippen LogP contribution in [0.3, 0.4) is 0 Å². The van der Waals surface area contributed by atoms with Crippen molar-refractivity contribution >= 4 is 17.3 Å². The summed E-state index contributed by atoms with van der Waals surface area (Å²) >= 11 is 1.04. The Kier molecular flexibility index (Phi) is 4.01. The molecule has 0 spiro atoms. The molecule has 0 radical (unpaired) electrons. The van der Waals surface area contributed by atoms with Crippen LogP contribution in [0.15, 0.2) is 29.6 Å². The number of hydrogen-bond acceptors (Lipinski definition) is 4. The van der Waals surface area contributed by atoms with Crippen LogP contribution in [0.5, 0.6) is 0 Å². The smallest absolute Gasteiger partial charge is 0.365 e. The van der Waals surface area contributed by atoms with E-state index in [0.717, 1.165) is 11.3 Å². The second-order valence-electron chi connectivity index (χ2n) is 3.53. The predicted octanol–water partition coefficient (Wildman–Crippen LogP) is 2.70. The fourth-order valence-electron chi connectivity index (χ4n) is 1.35. The number of aromatic nitrogens is 1. The van der Waals surface area contributed by atoms with Gasteiger partial charge < -0.3 is 9.84 Å². The van der Waals surface area contributed by atoms with Gasteiger partial charge in [0.25, 0.3) is 0 Å². The first-order valence-corrected chi connectivity index (χ1v) is 6.03. The van der Waals surface area contributed by atoms with Crippen molar-refractivity contribution < 1.29 is 19.0 Å². The van der Waals surface area contributed by atoms with Gasteiger partial charge in [0.2, 0.25) is 5.01 Å². The lowest BCUT2D eigenvalue weighted by atomic mass is 10.2. The van der Waals surface area contributed by atoms with E-state index in [1.807, 2.05) is 0 Å². The van der Waals surface area contributed by atoms with Gasteiger partial charge in [0.15, 0.2) is 0 Å². The lowest BCUT2D eigenvalue weighted by Crippen LogP contribution is -1.99. The Morgan fingerprint density at radius 3 is 2.83 bits per heavy atom. The number of carbonyl (C=O) groups is 1. The SMILES string of the molecule is O=C(O)c1nc(COCc2ccccc2F)cs1. The van der Waals surface area contributed by atoms with E-state index in [9.17, 15) is 9.18 Å². The maximum absolute atomic E-state index is 13.3. The number of rotatable bonds is 5. The van der Waals surface area contributed by atoms with Crippen molar-refractivity contribution in [1.82, 2.24) is 4.98 Å². The van der Waals surface area contributed by atoms with E-state index in [2.05, 4.69) is 4.98 Å². The molecule has 18 heavy (non-hydrogen) atoms. The Bertz CT molecular complexity index is 556. The summed E-state index contributed by atoms with van der Waals surface area (Å²) in [6.45, 7) is 0.296. The molecule has 0 aliphatic rings. The number of hydrogen-bond donors (Lipinski definition) is 1. The maximum Gasteiger partial charge on any atom is 0.365 e. The Labute approximate surface area is 107 Å². The van der Waals surface area contributed by atoms with Crippen molar-refractivity contribution in [2.24, 2.45) is 0 Å². The third-order valence-electron chi connectivity index (χ3n) is 2.20. The summed E-state index contributed by atoms with van der Waals surface area (Å²) in [4.78, 5) is 14.5. The molecule has 0 unspecified atom stereocenters. The van der Waals surface area contributed by atoms with Crippen LogP contribution < -0.4 is 0 Å². The van der Waals surface area contributed by atoms with E-state index in [1.165, 1.54) is 6.07 Å². The molecule has 2 rings (SSSR count). The molecule has 0 fully saturated rings. The lowest BCUT2D eigenvalue weighted by molar-refractivity contribution is 0.0694. The van der Waals surface area contributed by atoms with Crippen LogP contribution in [0.25, 0.3) is 0 Å². The summed E-state index contributed by atoms with van der Waals surface area (Å²) in [5.74, 6) is -1.37. The van der Waals surface area contributed by atoms with Gasteiger partial charge in [-0.05, 0) is 6.07 Å². The van der Waals surface area contributed by atoms with E-state index in [-0.39, 0.29) is 24.0 Å². The zero-order valence-corrected chi connectivity index (χ0v) is 10.1. The molecule has 6 heteroatoms. The average Bonchev–Trinajstić information content (AvgIpc) is 2.80. The minimum Gasteiger partial charge on any atom is -0.476 e. The number of halogens is 1. The monoisotopic (exact) mass is 267 g/mol. The summed E-state index contributed by atoms with van der Waals surface area (Å²) < 4.78 is 18.5. The second-order valence-corrected chi connectivity index (χ2v) is 4.39. The van der Waals surface area contributed by atoms with E-state index >= 15 is 0 Å². The molecule has 0 atom stereocenters. The summed E-state index contributed by atoms with van der Waals surface area (Å²) in [6.07, 6.45) is 0. The highest BCUT2D eigenvalue weighted by molar-refractivity contribution is 7.11. The van der Waals surface area contributed by atoms with Gasteiger partial charge in [-0.1, -0.05) is 18.2 Å². The van der Waals surface area contributed by atoms with Crippen molar-refractivity contribution in [3.8, 4) is 0 Å². The molecule has 0 aliphatic carbocycles. The number of carboxylic acid groups (broad SMARTS) is 1. The third kappa shape index (κ3) is 3.12. The first kappa shape index (κ1) is 12.7. The standard InChI is InChI=1S/C12H10FNO3S/c13-10-4-2-1-3-8(10)5-17-6-9-7-18-11(14-9)12(15)16/h1-4,7H,5-6H2,(H,15,16). The van der Waals surface area contributed by atoms with Crippen LogP contribution in [0.4, 0.5) is 4.39 Å². The minimum absolute atomic E-state index is 0.0273. The molecule has 0 bridgehead atoms. The average molecular weight is 267 g/mol. The van der Waals surface area contributed by atoms with Crippen molar-refractivity contribution in [2.45, 2.75) is 13.2 Å². The Balaban J connectivity index is 1.88. The van der Waals surface area contributed by atoms with Gasteiger partial charge in [0.05, 0.1) is 18.9 Å². The topological polar surface area (TPSA) is 59.4 Å². The summed E-state index contributed by atoms with van der Waals surface area (Å²) in [7, 11) is 0. The van der Waals surface area contributed by atoms with E-state index in [4.69, 9.17) is 9.84 Å². The fraction of sp³-hybridized carbons (Fsp3) is 0.167. The van der Waals surface area contributed by atoms with Crippen LogP contribution in [0, 0.1) is 5.82 Å².